The van der Waals surface area contributed by atoms with Gasteiger partial charge in [-0.05, 0) is 55.1 Å². The number of pyridine rings is 1. The van der Waals surface area contributed by atoms with Gasteiger partial charge >= 0.3 is 5.76 Å². The monoisotopic (exact) mass is 558 g/mol. The van der Waals surface area contributed by atoms with Crippen molar-refractivity contribution in [2.75, 3.05) is 31.3 Å². The molecule has 2 aliphatic carbocycles. The third kappa shape index (κ3) is 5.37. The maximum Gasteiger partial charge on any atom is 0.439 e. The number of imidazole rings is 1. The molecule has 2 saturated carbocycles. The Morgan fingerprint density at radius 1 is 1.05 bits per heavy atom. The van der Waals surface area contributed by atoms with Crippen molar-refractivity contribution in [1.29, 1.82) is 0 Å². The van der Waals surface area contributed by atoms with Gasteiger partial charge in [-0.3, -0.25) is 9.51 Å². The second-order valence-electron chi connectivity index (χ2n) is 12.1. The average molecular weight is 559 g/mol. The average Bonchev–Trinajstić information content (AvgIpc) is 3.57. The summed E-state index contributed by atoms with van der Waals surface area (Å²) in [6.07, 6.45) is 8.52. The number of morpholine rings is 1. The third-order valence-corrected chi connectivity index (χ3v) is 9.18. The second-order valence-corrected chi connectivity index (χ2v) is 12.1. The molecule has 1 saturated heterocycles. The van der Waals surface area contributed by atoms with Gasteiger partial charge in [-0.15, -0.1) is 0 Å². The summed E-state index contributed by atoms with van der Waals surface area (Å²) in [6.45, 7) is 5.81. The van der Waals surface area contributed by atoms with Gasteiger partial charge < -0.3 is 18.9 Å². The highest BCUT2D eigenvalue weighted by Gasteiger charge is 2.32. The Labute approximate surface area is 239 Å². The first-order valence-electron chi connectivity index (χ1n) is 15.1. The molecule has 10 heteroatoms. The van der Waals surface area contributed by atoms with Crippen LogP contribution in [0.2, 0.25) is 0 Å². The van der Waals surface area contributed by atoms with Crippen molar-refractivity contribution < 1.29 is 14.0 Å². The maximum atomic E-state index is 11.8. The summed E-state index contributed by atoms with van der Waals surface area (Å²) < 4.78 is 19.6. The molecule has 1 aliphatic heterocycles. The van der Waals surface area contributed by atoms with Crippen LogP contribution in [-0.4, -0.2) is 51.0 Å². The van der Waals surface area contributed by atoms with Crippen LogP contribution in [0.25, 0.3) is 22.6 Å². The SMILES string of the molecule is CC1CCC(Cn2c(N3CCOCC3c3ccccc3)nc3cc(-c4noc(=O)[nH]4)nc(OCC4CCC4)c32)CC1. The van der Waals surface area contributed by atoms with E-state index in [4.69, 9.17) is 24.0 Å². The smallest absolute Gasteiger partial charge is 0.439 e. The van der Waals surface area contributed by atoms with Gasteiger partial charge in [0, 0.05) is 13.1 Å². The van der Waals surface area contributed by atoms with Crippen molar-refractivity contribution in [2.45, 2.75) is 64.5 Å². The number of aromatic amines is 1. The lowest BCUT2D eigenvalue weighted by Crippen LogP contribution is -2.41. The Bertz CT molecular complexity index is 1530. The van der Waals surface area contributed by atoms with Crippen molar-refractivity contribution in [3.63, 3.8) is 0 Å². The summed E-state index contributed by atoms with van der Waals surface area (Å²) in [5, 5.41) is 3.91. The molecular weight excluding hydrogens is 520 g/mol. The Morgan fingerprint density at radius 3 is 2.61 bits per heavy atom. The summed E-state index contributed by atoms with van der Waals surface area (Å²) in [4.78, 5) is 27.0. The quantitative estimate of drug-likeness (QED) is 0.308. The molecule has 1 N–H and O–H groups in total. The Balaban J connectivity index is 1.36. The molecule has 4 aromatic rings. The molecule has 3 aromatic heterocycles. The van der Waals surface area contributed by atoms with Gasteiger partial charge in [-0.1, -0.05) is 61.7 Å². The lowest BCUT2D eigenvalue weighted by Gasteiger charge is -2.37. The van der Waals surface area contributed by atoms with E-state index >= 15 is 0 Å². The number of aromatic nitrogens is 5. The number of ether oxygens (including phenoxy) is 2. The number of rotatable bonds is 8. The summed E-state index contributed by atoms with van der Waals surface area (Å²) >= 11 is 0. The van der Waals surface area contributed by atoms with Gasteiger partial charge in [0.25, 0.3) is 0 Å². The number of benzene rings is 1. The standard InChI is InChI=1S/C31H38N6O4/c1-20-10-12-21(13-11-20)17-37-27-24(33-30(37)36-14-15-39-19-26(36)23-8-3-2-4-9-23)16-25(28-34-31(38)41-35-28)32-29(27)40-18-22-6-5-7-22/h2-4,8-9,16,20-22,26H,5-7,10-15,17-19H2,1H3,(H,34,35,38). The van der Waals surface area contributed by atoms with Gasteiger partial charge in [-0.2, -0.15) is 0 Å². The van der Waals surface area contributed by atoms with Crippen LogP contribution < -0.4 is 15.4 Å². The van der Waals surface area contributed by atoms with Crippen LogP contribution in [0, 0.1) is 17.8 Å². The molecule has 0 amide bonds. The second kappa shape index (κ2) is 11.3. The molecule has 3 fully saturated rings. The molecule has 10 nitrogen and oxygen atoms in total. The number of hydrogen-bond acceptors (Lipinski definition) is 8. The lowest BCUT2D eigenvalue weighted by molar-refractivity contribution is 0.0927. The molecule has 1 unspecified atom stereocenters. The molecule has 1 atom stereocenters. The van der Waals surface area contributed by atoms with E-state index in [9.17, 15) is 4.79 Å². The minimum atomic E-state index is -0.615. The number of H-pyrrole nitrogens is 1. The molecule has 4 heterocycles. The Kier molecular flexibility index (Phi) is 7.24. The molecule has 0 spiro atoms. The number of hydrogen-bond donors (Lipinski definition) is 1. The molecule has 0 bridgehead atoms. The van der Waals surface area contributed by atoms with Gasteiger partial charge in [-0.25, -0.2) is 14.8 Å². The van der Waals surface area contributed by atoms with Crippen molar-refractivity contribution >= 4 is 17.0 Å². The fraction of sp³-hybridized carbons (Fsp3) is 0.548. The van der Waals surface area contributed by atoms with E-state index in [-0.39, 0.29) is 11.9 Å². The largest absolute Gasteiger partial charge is 0.476 e. The topological polar surface area (TPSA) is 111 Å². The number of nitrogens with zero attached hydrogens (tertiary/aromatic N) is 5. The van der Waals surface area contributed by atoms with Crippen molar-refractivity contribution in [3.05, 3.63) is 52.5 Å². The van der Waals surface area contributed by atoms with Crippen molar-refractivity contribution in [2.24, 2.45) is 17.8 Å². The molecule has 3 aliphatic rings. The van der Waals surface area contributed by atoms with E-state index in [0.29, 0.717) is 43.2 Å². The van der Waals surface area contributed by atoms with Crippen LogP contribution in [0.4, 0.5) is 5.95 Å². The van der Waals surface area contributed by atoms with Crippen LogP contribution in [-0.2, 0) is 11.3 Å². The fourth-order valence-corrected chi connectivity index (χ4v) is 6.48. The normalized spacial score (nSPS) is 23.5. The maximum absolute atomic E-state index is 11.8. The first kappa shape index (κ1) is 26.3. The van der Waals surface area contributed by atoms with Crippen LogP contribution in [0.3, 0.4) is 0 Å². The van der Waals surface area contributed by atoms with Crippen LogP contribution in [0.15, 0.2) is 45.7 Å². The van der Waals surface area contributed by atoms with E-state index in [1.807, 2.05) is 12.1 Å². The number of fused-ring (bicyclic) bond motifs is 1. The highest BCUT2D eigenvalue weighted by atomic mass is 16.5. The van der Waals surface area contributed by atoms with Gasteiger partial charge in [0.1, 0.15) is 11.2 Å². The molecule has 216 valence electrons. The highest BCUT2D eigenvalue weighted by Crippen LogP contribution is 2.39. The molecular formula is C31H38N6O4. The van der Waals surface area contributed by atoms with Crippen molar-refractivity contribution in [1.82, 2.24) is 24.7 Å². The Morgan fingerprint density at radius 2 is 1.88 bits per heavy atom. The zero-order valence-electron chi connectivity index (χ0n) is 23.6. The molecule has 7 rings (SSSR count). The predicted molar refractivity (Wildman–Crippen MR) is 155 cm³/mol. The minimum absolute atomic E-state index is 0.0468. The van der Waals surface area contributed by atoms with Crippen LogP contribution in [0.5, 0.6) is 5.88 Å². The van der Waals surface area contributed by atoms with Crippen LogP contribution in [0.1, 0.15) is 63.5 Å². The van der Waals surface area contributed by atoms with E-state index in [2.05, 4.69) is 50.8 Å². The zero-order chi connectivity index (χ0) is 27.8. The van der Waals surface area contributed by atoms with Gasteiger partial charge in [0.15, 0.2) is 0 Å². The molecule has 0 radical (unpaired) electrons. The number of nitrogens with one attached hydrogen (secondary N) is 1. The predicted octanol–water partition coefficient (Wildman–Crippen LogP) is 5.36. The first-order chi connectivity index (χ1) is 20.1. The summed E-state index contributed by atoms with van der Waals surface area (Å²) in [6, 6.07) is 12.5. The van der Waals surface area contributed by atoms with Gasteiger partial charge in [0.2, 0.25) is 17.7 Å². The van der Waals surface area contributed by atoms with Crippen molar-refractivity contribution in [3.8, 4) is 17.4 Å². The summed E-state index contributed by atoms with van der Waals surface area (Å²) in [5.74, 6) is 3.00. The molecule has 41 heavy (non-hydrogen) atoms. The first-order valence-corrected chi connectivity index (χ1v) is 15.1. The highest BCUT2D eigenvalue weighted by molar-refractivity contribution is 5.86. The van der Waals surface area contributed by atoms with Crippen LogP contribution >= 0.6 is 0 Å². The van der Waals surface area contributed by atoms with E-state index in [1.54, 1.807) is 0 Å². The van der Waals surface area contributed by atoms with E-state index < -0.39 is 5.76 Å². The summed E-state index contributed by atoms with van der Waals surface area (Å²) in [7, 11) is 0. The van der Waals surface area contributed by atoms with E-state index in [1.165, 1.54) is 50.5 Å². The van der Waals surface area contributed by atoms with E-state index in [0.717, 1.165) is 36.0 Å². The lowest BCUT2D eigenvalue weighted by atomic mass is 9.83. The Hall–Kier alpha value is -3.66. The fourth-order valence-electron chi connectivity index (χ4n) is 6.48. The summed E-state index contributed by atoms with van der Waals surface area (Å²) in [5.41, 5.74) is 3.37. The number of anilines is 1. The zero-order valence-corrected chi connectivity index (χ0v) is 23.6. The third-order valence-electron chi connectivity index (χ3n) is 9.18. The minimum Gasteiger partial charge on any atom is -0.476 e. The van der Waals surface area contributed by atoms with Gasteiger partial charge in [0.05, 0.1) is 31.4 Å². The molecule has 1 aromatic carbocycles.